The number of halogens is 1. The third-order valence-electron chi connectivity index (χ3n) is 4.19. The lowest BCUT2D eigenvalue weighted by atomic mass is 10.1. The summed E-state index contributed by atoms with van der Waals surface area (Å²) in [5.74, 6) is 2.25. The molecule has 0 bridgehead atoms. The van der Waals surface area contributed by atoms with Gasteiger partial charge in [0.2, 0.25) is 0 Å². The number of aryl methyl sites for hydroxylation is 5. The Bertz CT molecular complexity index is 993. The van der Waals surface area contributed by atoms with Crippen molar-refractivity contribution in [3.8, 4) is 12.3 Å². The Morgan fingerprint density at radius 3 is 1.96 bits per heavy atom. The highest BCUT2D eigenvalue weighted by molar-refractivity contribution is 14.1. The summed E-state index contributed by atoms with van der Waals surface area (Å²) in [6, 6.07) is 9.72. The number of hydrogen-bond acceptors (Lipinski definition) is 2. The van der Waals surface area contributed by atoms with E-state index < -0.39 is 0 Å². The molecule has 0 aliphatic carbocycles. The molecular weight excluding hydrogens is 447 g/mol. The number of fused-ring (bicyclic) bond motifs is 1. The van der Waals surface area contributed by atoms with Gasteiger partial charge in [-0.3, -0.25) is 4.79 Å². The fourth-order valence-electron chi connectivity index (χ4n) is 2.45. The van der Waals surface area contributed by atoms with E-state index in [2.05, 4.69) is 66.8 Å². The van der Waals surface area contributed by atoms with Crippen LogP contribution in [-0.2, 0) is 0 Å². The van der Waals surface area contributed by atoms with E-state index in [-0.39, 0.29) is 5.43 Å². The summed E-state index contributed by atoms with van der Waals surface area (Å²) in [5.41, 5.74) is 13.4. The number of aromatic nitrogens is 1. The van der Waals surface area contributed by atoms with Gasteiger partial charge in [0.25, 0.3) is 0 Å². The third-order valence-corrected chi connectivity index (χ3v) is 5.13. The predicted molar refractivity (Wildman–Crippen MR) is 126 cm³/mol. The van der Waals surface area contributed by atoms with Crippen molar-refractivity contribution in [2.45, 2.75) is 41.5 Å². The number of benzene rings is 2. The molecule has 142 valence electrons. The standard InChI is InChI=1S/C12H13NO.C8H10IN.C3H4/c1-7-4-10-11(5-8(7)2)13-9(3)6-12(10)14;1-5-3-7(9)8(10)4-6(5)2;1-3-2/h4-6H,1-3H3,(H,13,14);3-4H,10H2,1-2H3;1H,2H3. The third kappa shape index (κ3) is 6.44. The predicted octanol–water partition coefficient (Wildman–Crippen LogP) is 5.58. The number of anilines is 1. The molecule has 0 fully saturated rings. The zero-order valence-electron chi connectivity index (χ0n) is 16.8. The summed E-state index contributed by atoms with van der Waals surface area (Å²) in [5, 5.41) is 0.777. The Labute approximate surface area is 175 Å². The smallest absolute Gasteiger partial charge is 0.189 e. The molecule has 0 amide bonds. The molecular formula is C23H27IN2O. The van der Waals surface area contributed by atoms with Crippen LogP contribution in [0.25, 0.3) is 10.9 Å². The molecule has 3 rings (SSSR count). The van der Waals surface area contributed by atoms with E-state index in [1.54, 1.807) is 13.0 Å². The van der Waals surface area contributed by atoms with Gasteiger partial charge in [0.15, 0.2) is 5.43 Å². The second-order valence-electron chi connectivity index (χ2n) is 6.55. The fourth-order valence-corrected chi connectivity index (χ4v) is 3.07. The number of nitrogens with two attached hydrogens (primary N) is 1. The van der Waals surface area contributed by atoms with Crippen molar-refractivity contribution in [2.24, 2.45) is 0 Å². The average molecular weight is 474 g/mol. The van der Waals surface area contributed by atoms with Crippen LogP contribution in [0.2, 0.25) is 0 Å². The summed E-state index contributed by atoms with van der Waals surface area (Å²) in [6.45, 7) is 11.8. The first kappa shape index (κ1) is 22.8. The molecule has 0 saturated heterocycles. The molecule has 0 radical (unpaired) electrons. The maximum absolute atomic E-state index is 11.6. The molecule has 2 aromatic carbocycles. The van der Waals surface area contributed by atoms with Gasteiger partial charge in [0, 0.05) is 31.9 Å². The van der Waals surface area contributed by atoms with Crippen LogP contribution in [0.1, 0.15) is 34.9 Å². The first-order chi connectivity index (χ1) is 12.6. The van der Waals surface area contributed by atoms with Crippen molar-refractivity contribution in [3.05, 3.63) is 72.1 Å². The Balaban J connectivity index is 0.000000246. The topological polar surface area (TPSA) is 58.9 Å². The van der Waals surface area contributed by atoms with E-state index in [0.29, 0.717) is 0 Å². The maximum atomic E-state index is 11.6. The maximum Gasteiger partial charge on any atom is 0.189 e. The normalized spacial score (nSPS) is 9.56. The minimum atomic E-state index is 0.0966. The number of terminal acetylenes is 1. The van der Waals surface area contributed by atoms with Crippen molar-refractivity contribution in [1.29, 1.82) is 0 Å². The van der Waals surface area contributed by atoms with E-state index in [1.807, 2.05) is 32.0 Å². The van der Waals surface area contributed by atoms with E-state index in [0.717, 1.165) is 31.4 Å². The van der Waals surface area contributed by atoms with E-state index >= 15 is 0 Å². The minimum absolute atomic E-state index is 0.0966. The number of hydrogen-bond donors (Lipinski definition) is 2. The SMILES string of the molecule is C#CC.Cc1cc(=O)c2cc(C)c(C)cc2[nH]1.Cc1cc(N)c(I)cc1C. The van der Waals surface area contributed by atoms with Gasteiger partial charge in [-0.2, -0.15) is 0 Å². The molecule has 0 aliphatic rings. The Kier molecular flexibility index (Phi) is 8.58. The summed E-state index contributed by atoms with van der Waals surface area (Å²) in [4.78, 5) is 14.8. The summed E-state index contributed by atoms with van der Waals surface area (Å²) < 4.78 is 1.14. The largest absolute Gasteiger partial charge is 0.398 e. The van der Waals surface area contributed by atoms with Crippen LogP contribution in [0.5, 0.6) is 0 Å². The van der Waals surface area contributed by atoms with E-state index in [4.69, 9.17) is 5.73 Å². The Morgan fingerprint density at radius 2 is 1.41 bits per heavy atom. The summed E-state index contributed by atoms with van der Waals surface area (Å²) >= 11 is 2.24. The molecule has 0 atom stereocenters. The lowest BCUT2D eigenvalue weighted by Crippen LogP contribution is -2.03. The second kappa shape index (κ2) is 10.2. The first-order valence-electron chi connectivity index (χ1n) is 8.61. The molecule has 27 heavy (non-hydrogen) atoms. The molecule has 0 unspecified atom stereocenters. The van der Waals surface area contributed by atoms with Crippen LogP contribution < -0.4 is 11.2 Å². The molecule has 0 saturated carbocycles. The lowest BCUT2D eigenvalue weighted by molar-refractivity contribution is 1.23. The molecule has 1 aromatic heterocycles. The van der Waals surface area contributed by atoms with Gasteiger partial charge in [0.1, 0.15) is 0 Å². The Morgan fingerprint density at radius 1 is 0.926 bits per heavy atom. The highest BCUT2D eigenvalue weighted by atomic mass is 127. The van der Waals surface area contributed by atoms with Crippen LogP contribution in [-0.4, -0.2) is 4.98 Å². The molecule has 3 aromatic rings. The van der Waals surface area contributed by atoms with E-state index in [9.17, 15) is 4.79 Å². The van der Waals surface area contributed by atoms with Gasteiger partial charge in [-0.1, -0.05) is 0 Å². The number of aromatic amines is 1. The van der Waals surface area contributed by atoms with Gasteiger partial charge < -0.3 is 10.7 Å². The summed E-state index contributed by atoms with van der Waals surface area (Å²) in [7, 11) is 0. The molecule has 0 spiro atoms. The molecule has 3 N–H and O–H groups in total. The number of nitrogens with one attached hydrogen (secondary N) is 1. The molecule has 1 heterocycles. The van der Waals surface area contributed by atoms with E-state index in [1.165, 1.54) is 16.7 Å². The van der Waals surface area contributed by atoms with Gasteiger partial charge in [-0.25, -0.2) is 0 Å². The van der Waals surface area contributed by atoms with Crippen molar-refractivity contribution in [1.82, 2.24) is 4.98 Å². The molecule has 4 heteroatoms. The highest BCUT2D eigenvalue weighted by Gasteiger charge is 2.02. The lowest BCUT2D eigenvalue weighted by Gasteiger charge is -2.04. The zero-order chi connectivity index (χ0) is 20.7. The number of rotatable bonds is 0. The minimum Gasteiger partial charge on any atom is -0.398 e. The van der Waals surface area contributed by atoms with Crippen LogP contribution in [0, 0.1) is 50.5 Å². The summed E-state index contributed by atoms with van der Waals surface area (Å²) in [6.07, 6.45) is 4.60. The second-order valence-corrected chi connectivity index (χ2v) is 7.71. The van der Waals surface area contributed by atoms with Crippen LogP contribution in [0.15, 0.2) is 35.1 Å². The number of nitrogen functional groups attached to an aromatic ring is 1. The van der Waals surface area contributed by atoms with Crippen LogP contribution in [0.3, 0.4) is 0 Å². The molecule has 3 nitrogen and oxygen atoms in total. The van der Waals surface area contributed by atoms with Crippen molar-refractivity contribution < 1.29 is 0 Å². The average Bonchev–Trinajstić information content (AvgIpc) is 2.56. The van der Waals surface area contributed by atoms with Gasteiger partial charge in [0.05, 0.1) is 0 Å². The van der Waals surface area contributed by atoms with Gasteiger partial charge in [-0.15, -0.1) is 12.3 Å². The van der Waals surface area contributed by atoms with Crippen molar-refractivity contribution in [2.75, 3.05) is 5.73 Å². The highest BCUT2D eigenvalue weighted by Crippen LogP contribution is 2.19. The number of pyridine rings is 1. The number of H-pyrrole nitrogens is 1. The van der Waals surface area contributed by atoms with Crippen molar-refractivity contribution in [3.63, 3.8) is 0 Å². The van der Waals surface area contributed by atoms with Crippen LogP contribution in [0.4, 0.5) is 5.69 Å². The van der Waals surface area contributed by atoms with Gasteiger partial charge >= 0.3 is 0 Å². The first-order valence-corrected chi connectivity index (χ1v) is 9.69. The fraction of sp³-hybridized carbons (Fsp3) is 0.261. The molecule has 0 aliphatic heterocycles. The van der Waals surface area contributed by atoms with Crippen LogP contribution >= 0.6 is 22.6 Å². The zero-order valence-corrected chi connectivity index (χ0v) is 19.0. The van der Waals surface area contributed by atoms with Gasteiger partial charge in [-0.05, 0) is 111 Å². The monoisotopic (exact) mass is 474 g/mol. The van der Waals surface area contributed by atoms with Crippen molar-refractivity contribution >= 4 is 39.2 Å². The quantitative estimate of drug-likeness (QED) is 0.254. The Hall–Kier alpha value is -2.26.